The third kappa shape index (κ3) is 4.14. The fourth-order valence-corrected chi connectivity index (χ4v) is 4.37. The molecule has 4 rings (SSSR count). The number of hydrogen-bond acceptors (Lipinski definition) is 5. The highest BCUT2D eigenvalue weighted by Gasteiger charge is 2.22. The lowest BCUT2D eigenvalue weighted by molar-refractivity contribution is -0.140. The van der Waals surface area contributed by atoms with Gasteiger partial charge in [0, 0.05) is 0 Å². The monoisotopic (exact) mass is 380 g/mol. The van der Waals surface area contributed by atoms with Gasteiger partial charge >= 0.3 is 5.97 Å². The first-order valence-electron chi connectivity index (χ1n) is 10.2. The van der Waals surface area contributed by atoms with Crippen LogP contribution in [0.1, 0.15) is 47.4 Å². The van der Waals surface area contributed by atoms with Gasteiger partial charge in [-0.2, -0.15) is 0 Å². The van der Waals surface area contributed by atoms with Crippen molar-refractivity contribution in [2.24, 2.45) is 0 Å². The van der Waals surface area contributed by atoms with Crippen LogP contribution in [0, 0.1) is 0 Å². The predicted octanol–water partition coefficient (Wildman–Crippen LogP) is 3.76. The van der Waals surface area contributed by atoms with Crippen molar-refractivity contribution < 1.29 is 14.4 Å². The van der Waals surface area contributed by atoms with Crippen molar-refractivity contribution in [3.63, 3.8) is 0 Å². The fourth-order valence-electron chi connectivity index (χ4n) is 4.37. The van der Waals surface area contributed by atoms with Crippen molar-refractivity contribution in [2.45, 2.75) is 44.4 Å². The topological polar surface area (TPSA) is 59.6 Å². The van der Waals surface area contributed by atoms with E-state index in [0.717, 1.165) is 49.4 Å². The van der Waals surface area contributed by atoms with Gasteiger partial charge in [0.05, 0.1) is 19.2 Å². The summed E-state index contributed by atoms with van der Waals surface area (Å²) in [6.45, 7) is 1.96. The lowest BCUT2D eigenvalue weighted by Crippen LogP contribution is -2.22. The molecule has 0 spiro atoms. The fraction of sp³-hybridized carbons (Fsp3) is 0.435. The average Bonchev–Trinajstić information content (AvgIpc) is 2.73. The molecule has 1 atom stereocenters. The van der Waals surface area contributed by atoms with Crippen LogP contribution in [0.3, 0.4) is 0 Å². The number of benzene rings is 2. The zero-order chi connectivity index (χ0) is 19.3. The third-order valence-corrected chi connectivity index (χ3v) is 5.85. The summed E-state index contributed by atoms with van der Waals surface area (Å²) in [6, 6.07) is 12.7. The summed E-state index contributed by atoms with van der Waals surface area (Å²) < 4.78 is 5.55. The van der Waals surface area contributed by atoms with Gasteiger partial charge in [0.25, 0.3) is 0 Å². The number of fused-ring (bicyclic) bond motifs is 2. The number of ether oxygens (including phenoxy) is 1. The molecule has 0 aromatic heterocycles. The van der Waals surface area contributed by atoms with Crippen molar-refractivity contribution in [1.82, 2.24) is 5.32 Å². The van der Waals surface area contributed by atoms with Crippen molar-refractivity contribution in [3.8, 4) is 5.75 Å². The van der Waals surface area contributed by atoms with Crippen LogP contribution in [0.25, 0.3) is 0 Å². The number of nitrogens with one attached hydrogen (secondary N) is 2. The van der Waals surface area contributed by atoms with E-state index in [1.165, 1.54) is 29.5 Å². The van der Waals surface area contributed by atoms with E-state index in [9.17, 15) is 4.79 Å². The summed E-state index contributed by atoms with van der Waals surface area (Å²) >= 11 is 0. The van der Waals surface area contributed by atoms with Gasteiger partial charge in [0.1, 0.15) is 5.75 Å². The van der Waals surface area contributed by atoms with Crippen LogP contribution in [0.4, 0.5) is 5.69 Å². The second kappa shape index (κ2) is 8.65. The van der Waals surface area contributed by atoms with Crippen LogP contribution in [0.2, 0.25) is 0 Å². The Kier molecular flexibility index (Phi) is 5.81. The minimum atomic E-state index is -0.233. The Morgan fingerprint density at radius 1 is 1.25 bits per heavy atom. The van der Waals surface area contributed by atoms with Crippen molar-refractivity contribution >= 4 is 11.7 Å². The van der Waals surface area contributed by atoms with Crippen LogP contribution in [-0.4, -0.2) is 26.2 Å². The average molecular weight is 380 g/mol. The van der Waals surface area contributed by atoms with E-state index in [2.05, 4.69) is 41.1 Å². The van der Waals surface area contributed by atoms with Gasteiger partial charge in [-0.25, -0.2) is 10.3 Å². The van der Waals surface area contributed by atoms with E-state index in [-0.39, 0.29) is 5.97 Å². The molecular weight excluding hydrogens is 352 g/mol. The molecule has 1 aliphatic heterocycles. The van der Waals surface area contributed by atoms with Gasteiger partial charge in [-0.1, -0.05) is 24.3 Å². The summed E-state index contributed by atoms with van der Waals surface area (Å²) in [5.41, 5.74) is 8.76. The quantitative estimate of drug-likeness (QED) is 0.716. The maximum atomic E-state index is 11.3. The molecule has 1 unspecified atom stereocenters. The molecule has 0 fully saturated rings. The van der Waals surface area contributed by atoms with Crippen LogP contribution in [0.5, 0.6) is 5.75 Å². The van der Waals surface area contributed by atoms with Crippen molar-refractivity contribution in [1.29, 1.82) is 0 Å². The number of hydrogen-bond donors (Lipinski definition) is 2. The normalized spacial score (nSPS) is 17.9. The Hall–Kier alpha value is -2.53. The number of rotatable bonds is 7. The summed E-state index contributed by atoms with van der Waals surface area (Å²) in [7, 11) is 1.76. The molecule has 2 N–H and O–H groups in total. The van der Waals surface area contributed by atoms with Gasteiger partial charge in [0.2, 0.25) is 0 Å². The largest absolute Gasteiger partial charge is 0.496 e. The Morgan fingerprint density at radius 2 is 2.18 bits per heavy atom. The van der Waals surface area contributed by atoms with Gasteiger partial charge in [-0.05, 0) is 85.5 Å². The van der Waals surface area contributed by atoms with Crippen LogP contribution >= 0.6 is 0 Å². The van der Waals surface area contributed by atoms with Crippen molar-refractivity contribution in [3.05, 3.63) is 58.7 Å². The number of carbonyl (C=O) groups excluding carboxylic acids is 1. The highest BCUT2D eigenvalue weighted by atomic mass is 16.7. The maximum Gasteiger partial charge on any atom is 0.336 e. The minimum absolute atomic E-state index is 0.233. The molecule has 0 saturated carbocycles. The molecule has 0 bridgehead atoms. The van der Waals surface area contributed by atoms with Crippen molar-refractivity contribution in [2.75, 3.05) is 25.7 Å². The molecule has 2 aromatic carbocycles. The third-order valence-electron chi connectivity index (χ3n) is 5.85. The summed E-state index contributed by atoms with van der Waals surface area (Å²) in [5.74, 6) is 1.43. The SMILES string of the molecule is COc1cccc2c1CCCC2CCNCCc1ccc2c(c1)NOC(=O)C2. The summed E-state index contributed by atoms with van der Waals surface area (Å²) in [5, 5.41) is 3.59. The summed E-state index contributed by atoms with van der Waals surface area (Å²) in [4.78, 5) is 16.2. The molecule has 28 heavy (non-hydrogen) atoms. The predicted molar refractivity (Wildman–Crippen MR) is 110 cm³/mol. The second-order valence-corrected chi connectivity index (χ2v) is 7.65. The van der Waals surface area contributed by atoms with Crippen LogP contribution in [0.15, 0.2) is 36.4 Å². The first-order chi connectivity index (χ1) is 13.7. The molecule has 5 heteroatoms. The van der Waals surface area contributed by atoms with Gasteiger partial charge < -0.3 is 14.9 Å². The second-order valence-electron chi connectivity index (χ2n) is 7.65. The van der Waals surface area contributed by atoms with Gasteiger partial charge in [-0.3, -0.25) is 0 Å². The molecule has 1 aliphatic carbocycles. The lowest BCUT2D eigenvalue weighted by Gasteiger charge is -2.27. The van der Waals surface area contributed by atoms with E-state index in [4.69, 9.17) is 9.57 Å². The zero-order valence-electron chi connectivity index (χ0n) is 16.4. The van der Waals surface area contributed by atoms with E-state index >= 15 is 0 Å². The maximum absolute atomic E-state index is 11.3. The van der Waals surface area contributed by atoms with Crippen LogP contribution in [-0.2, 0) is 28.9 Å². The van der Waals surface area contributed by atoms with Crippen LogP contribution < -0.4 is 15.5 Å². The van der Waals surface area contributed by atoms with E-state index < -0.39 is 0 Å². The molecule has 2 aliphatic rings. The molecular formula is C23H28N2O3. The molecule has 0 saturated heterocycles. The smallest absolute Gasteiger partial charge is 0.336 e. The Labute approximate surface area is 166 Å². The highest BCUT2D eigenvalue weighted by molar-refractivity contribution is 5.79. The van der Waals surface area contributed by atoms with Gasteiger partial charge in [0.15, 0.2) is 0 Å². The van der Waals surface area contributed by atoms with E-state index in [0.29, 0.717) is 12.3 Å². The molecule has 5 nitrogen and oxygen atoms in total. The van der Waals surface area contributed by atoms with Gasteiger partial charge in [-0.15, -0.1) is 0 Å². The zero-order valence-corrected chi connectivity index (χ0v) is 16.4. The molecule has 148 valence electrons. The molecule has 2 aromatic rings. The van der Waals surface area contributed by atoms with E-state index in [1.807, 2.05) is 6.07 Å². The number of carbonyl (C=O) groups is 1. The van der Waals surface area contributed by atoms with E-state index in [1.54, 1.807) is 7.11 Å². The minimum Gasteiger partial charge on any atom is -0.496 e. The Balaban J connectivity index is 1.26. The number of methoxy groups -OCH3 is 1. The molecule has 1 heterocycles. The molecule has 0 radical (unpaired) electrons. The Bertz CT molecular complexity index is 850. The Morgan fingerprint density at radius 3 is 3.07 bits per heavy atom. The highest BCUT2D eigenvalue weighted by Crippen LogP contribution is 2.38. The first kappa shape index (κ1) is 18.8. The lowest BCUT2D eigenvalue weighted by atomic mass is 9.80. The summed E-state index contributed by atoms with van der Waals surface area (Å²) in [6.07, 6.45) is 6.08. The standard InChI is InChI=1S/C23H28N2O3/c1-27-22-7-3-5-19-17(4-2-6-20(19)22)11-13-24-12-10-16-8-9-18-15-23(26)28-25-21(18)14-16/h3,5,7-9,14,17,24-25H,2,4,6,10-13,15H2,1H3. The number of anilines is 1. The first-order valence-corrected chi connectivity index (χ1v) is 10.2. The molecule has 0 amide bonds.